The predicted molar refractivity (Wildman–Crippen MR) is 96.2 cm³/mol. The SMILES string of the molecule is CCCCCCCCCCC[C@H](O)Cc1cc(O)cc(OC)c1. The maximum Gasteiger partial charge on any atom is 0.122 e. The Kier molecular flexibility index (Phi) is 10.5. The Bertz CT molecular complexity index is 417. The maximum atomic E-state index is 10.1. The van der Waals surface area contributed by atoms with Crippen molar-refractivity contribution in [3.05, 3.63) is 23.8 Å². The summed E-state index contributed by atoms with van der Waals surface area (Å²) in [5, 5.41) is 19.8. The van der Waals surface area contributed by atoms with Gasteiger partial charge >= 0.3 is 0 Å². The highest BCUT2D eigenvalue weighted by atomic mass is 16.5. The third kappa shape index (κ3) is 9.50. The van der Waals surface area contributed by atoms with Crippen LogP contribution in [0.4, 0.5) is 0 Å². The number of aromatic hydroxyl groups is 1. The number of phenolic OH excluding ortho intramolecular Hbond substituents is 1. The molecule has 0 aliphatic rings. The summed E-state index contributed by atoms with van der Waals surface area (Å²) in [6.07, 6.45) is 12.7. The van der Waals surface area contributed by atoms with Gasteiger partial charge in [0.05, 0.1) is 13.2 Å². The molecule has 0 aromatic heterocycles. The summed E-state index contributed by atoms with van der Waals surface area (Å²) < 4.78 is 5.14. The number of aliphatic hydroxyl groups excluding tert-OH is 1. The molecule has 0 aliphatic heterocycles. The summed E-state index contributed by atoms with van der Waals surface area (Å²) in [4.78, 5) is 0. The molecule has 1 aromatic rings. The number of rotatable bonds is 13. The summed E-state index contributed by atoms with van der Waals surface area (Å²) in [6.45, 7) is 2.25. The second-order valence-corrected chi connectivity index (χ2v) is 6.51. The van der Waals surface area contributed by atoms with Gasteiger partial charge in [0.15, 0.2) is 0 Å². The van der Waals surface area contributed by atoms with Crippen molar-refractivity contribution in [1.29, 1.82) is 0 Å². The van der Waals surface area contributed by atoms with Gasteiger partial charge in [0.25, 0.3) is 0 Å². The molecule has 3 nitrogen and oxygen atoms in total. The molecule has 1 rings (SSSR count). The van der Waals surface area contributed by atoms with E-state index in [4.69, 9.17) is 4.74 Å². The van der Waals surface area contributed by atoms with Crippen molar-refractivity contribution in [2.24, 2.45) is 0 Å². The summed E-state index contributed by atoms with van der Waals surface area (Å²) in [5.74, 6) is 0.824. The highest BCUT2D eigenvalue weighted by Gasteiger charge is 2.08. The van der Waals surface area contributed by atoms with Crippen LogP contribution in [0.1, 0.15) is 76.7 Å². The Morgan fingerprint density at radius 2 is 1.52 bits per heavy atom. The fourth-order valence-electron chi connectivity index (χ4n) is 2.94. The van der Waals surface area contributed by atoms with E-state index in [1.807, 2.05) is 6.07 Å². The van der Waals surface area contributed by atoms with Gasteiger partial charge in [-0.2, -0.15) is 0 Å². The van der Waals surface area contributed by atoms with E-state index in [1.165, 1.54) is 51.4 Å². The molecular formula is C20H34O3. The molecule has 0 radical (unpaired) electrons. The molecule has 0 bridgehead atoms. The summed E-state index contributed by atoms with van der Waals surface area (Å²) in [5.41, 5.74) is 0.922. The quantitative estimate of drug-likeness (QED) is 0.489. The smallest absolute Gasteiger partial charge is 0.122 e. The van der Waals surface area contributed by atoms with Gasteiger partial charge in [-0.15, -0.1) is 0 Å². The average molecular weight is 322 g/mol. The third-order valence-electron chi connectivity index (χ3n) is 4.30. The Balaban J connectivity index is 2.10. The molecule has 3 heteroatoms. The third-order valence-corrected chi connectivity index (χ3v) is 4.30. The van der Waals surface area contributed by atoms with Crippen LogP contribution in [-0.2, 0) is 6.42 Å². The van der Waals surface area contributed by atoms with E-state index in [-0.39, 0.29) is 11.9 Å². The van der Waals surface area contributed by atoms with E-state index in [1.54, 1.807) is 19.2 Å². The molecule has 1 atom stereocenters. The van der Waals surface area contributed by atoms with Crippen molar-refractivity contribution in [3.63, 3.8) is 0 Å². The first-order valence-electron chi connectivity index (χ1n) is 9.20. The molecule has 1 aromatic carbocycles. The van der Waals surface area contributed by atoms with Crippen LogP contribution in [0.2, 0.25) is 0 Å². The molecule has 0 heterocycles. The van der Waals surface area contributed by atoms with E-state index in [0.717, 1.165) is 18.4 Å². The highest BCUT2D eigenvalue weighted by molar-refractivity contribution is 5.37. The van der Waals surface area contributed by atoms with Gasteiger partial charge in [0.1, 0.15) is 11.5 Å². The van der Waals surface area contributed by atoms with Crippen LogP contribution in [0.15, 0.2) is 18.2 Å². The molecule has 132 valence electrons. The zero-order valence-corrected chi connectivity index (χ0v) is 14.9. The first-order valence-corrected chi connectivity index (χ1v) is 9.20. The van der Waals surface area contributed by atoms with Gasteiger partial charge in [-0.25, -0.2) is 0 Å². The van der Waals surface area contributed by atoms with E-state index < -0.39 is 0 Å². The lowest BCUT2D eigenvalue weighted by molar-refractivity contribution is 0.160. The number of ether oxygens (including phenoxy) is 1. The minimum atomic E-state index is -0.342. The summed E-state index contributed by atoms with van der Waals surface area (Å²) >= 11 is 0. The molecule has 0 unspecified atom stereocenters. The second-order valence-electron chi connectivity index (χ2n) is 6.51. The van der Waals surface area contributed by atoms with Gasteiger partial charge in [-0.05, 0) is 30.5 Å². The van der Waals surface area contributed by atoms with Crippen molar-refractivity contribution in [2.75, 3.05) is 7.11 Å². The van der Waals surface area contributed by atoms with Crippen molar-refractivity contribution < 1.29 is 14.9 Å². The minimum absolute atomic E-state index is 0.189. The topological polar surface area (TPSA) is 49.7 Å². The number of hydrogen-bond donors (Lipinski definition) is 2. The molecule has 0 fully saturated rings. The van der Waals surface area contributed by atoms with Crippen LogP contribution < -0.4 is 4.74 Å². The molecule has 0 amide bonds. The summed E-state index contributed by atoms with van der Waals surface area (Å²) in [7, 11) is 1.58. The summed E-state index contributed by atoms with van der Waals surface area (Å²) in [6, 6.07) is 5.15. The average Bonchev–Trinajstić information content (AvgIpc) is 2.52. The van der Waals surface area contributed by atoms with Crippen LogP contribution in [0, 0.1) is 0 Å². The van der Waals surface area contributed by atoms with Crippen LogP contribution in [0.25, 0.3) is 0 Å². The second kappa shape index (κ2) is 12.2. The van der Waals surface area contributed by atoms with E-state index in [9.17, 15) is 10.2 Å². The maximum absolute atomic E-state index is 10.1. The fourth-order valence-corrected chi connectivity index (χ4v) is 2.94. The van der Waals surface area contributed by atoms with Crippen LogP contribution in [0.5, 0.6) is 11.5 Å². The largest absolute Gasteiger partial charge is 0.508 e. The molecule has 2 N–H and O–H groups in total. The van der Waals surface area contributed by atoms with Crippen molar-refractivity contribution in [1.82, 2.24) is 0 Å². The van der Waals surface area contributed by atoms with Crippen molar-refractivity contribution in [2.45, 2.75) is 83.7 Å². The fraction of sp³-hybridized carbons (Fsp3) is 0.700. The Labute approximate surface area is 141 Å². The molecular weight excluding hydrogens is 288 g/mol. The van der Waals surface area contributed by atoms with Gasteiger partial charge in [0, 0.05) is 6.07 Å². The highest BCUT2D eigenvalue weighted by Crippen LogP contribution is 2.23. The van der Waals surface area contributed by atoms with Crippen LogP contribution in [-0.4, -0.2) is 23.4 Å². The standard InChI is InChI=1S/C20H34O3/c1-3-4-5-6-7-8-9-10-11-12-18(21)13-17-14-19(22)16-20(15-17)23-2/h14-16,18,21-22H,3-13H2,1-2H3/t18-/m0/s1. The number of aliphatic hydroxyl groups is 1. The first-order chi connectivity index (χ1) is 11.2. The monoisotopic (exact) mass is 322 g/mol. The lowest BCUT2D eigenvalue weighted by Crippen LogP contribution is -2.10. The molecule has 0 spiro atoms. The van der Waals surface area contributed by atoms with Gasteiger partial charge < -0.3 is 14.9 Å². The molecule has 0 saturated carbocycles. The van der Waals surface area contributed by atoms with Gasteiger partial charge in [-0.1, -0.05) is 64.7 Å². The predicted octanol–water partition coefficient (Wildman–Crippen LogP) is 5.23. The minimum Gasteiger partial charge on any atom is -0.508 e. The molecule has 0 aliphatic carbocycles. The number of phenols is 1. The normalized spacial score (nSPS) is 12.3. The number of hydrogen-bond acceptors (Lipinski definition) is 3. The Morgan fingerprint density at radius 1 is 0.913 bits per heavy atom. The zero-order valence-electron chi connectivity index (χ0n) is 14.9. The van der Waals surface area contributed by atoms with Crippen molar-refractivity contribution in [3.8, 4) is 11.5 Å². The number of benzene rings is 1. The van der Waals surface area contributed by atoms with E-state index >= 15 is 0 Å². The van der Waals surface area contributed by atoms with E-state index in [2.05, 4.69) is 6.92 Å². The zero-order chi connectivity index (χ0) is 16.9. The lowest BCUT2D eigenvalue weighted by atomic mass is 10.0. The number of methoxy groups -OCH3 is 1. The lowest BCUT2D eigenvalue weighted by Gasteiger charge is -2.12. The first kappa shape index (κ1) is 19.8. The van der Waals surface area contributed by atoms with Crippen LogP contribution in [0.3, 0.4) is 0 Å². The van der Waals surface area contributed by atoms with Gasteiger partial charge in [-0.3, -0.25) is 0 Å². The van der Waals surface area contributed by atoms with Crippen molar-refractivity contribution >= 4 is 0 Å². The molecule has 0 saturated heterocycles. The molecule has 23 heavy (non-hydrogen) atoms. The Hall–Kier alpha value is -1.22. The van der Waals surface area contributed by atoms with E-state index in [0.29, 0.717) is 12.2 Å². The van der Waals surface area contributed by atoms with Gasteiger partial charge in [0.2, 0.25) is 0 Å². The Morgan fingerprint density at radius 3 is 2.13 bits per heavy atom. The number of unbranched alkanes of at least 4 members (excludes halogenated alkanes) is 8. The van der Waals surface area contributed by atoms with Crippen LogP contribution >= 0.6 is 0 Å².